The first kappa shape index (κ1) is 17.8. The van der Waals surface area contributed by atoms with E-state index in [-0.39, 0.29) is 5.91 Å². The Balaban J connectivity index is 4.11. The van der Waals surface area contributed by atoms with E-state index in [1.165, 1.54) is 0 Å². The van der Waals surface area contributed by atoms with Gasteiger partial charge in [-0.05, 0) is 45.2 Å². The summed E-state index contributed by atoms with van der Waals surface area (Å²) in [6.45, 7) is 1.11. The maximum absolute atomic E-state index is 11.8. The number of nitrogens with one attached hydrogen (secondary N) is 1. The molecule has 0 aromatic heterocycles. The van der Waals surface area contributed by atoms with E-state index in [9.17, 15) is 9.59 Å². The molecule has 0 heterocycles. The number of amides is 1. The monoisotopic (exact) mass is 275 g/mol. The van der Waals surface area contributed by atoms with Gasteiger partial charge in [0.2, 0.25) is 0 Å². The number of unbranched alkanes of at least 4 members (excludes halogenated alkanes) is 2. The van der Waals surface area contributed by atoms with Gasteiger partial charge in [0.1, 0.15) is 6.04 Å². The molecule has 0 saturated carbocycles. The van der Waals surface area contributed by atoms with E-state index in [0.29, 0.717) is 32.4 Å². The minimum atomic E-state index is -1.01. The molecule has 0 aliphatic carbocycles. The highest BCUT2D eigenvalue weighted by Crippen LogP contribution is 2.02. The van der Waals surface area contributed by atoms with Crippen molar-refractivity contribution in [3.8, 4) is 0 Å². The SMILES string of the molecule is NCCCCC([NH3+])C(=O)NC(CCCCN)C(=O)O. The molecule has 0 spiro atoms. The Hall–Kier alpha value is -1.18. The zero-order valence-electron chi connectivity index (χ0n) is 11.4. The zero-order valence-corrected chi connectivity index (χ0v) is 11.4. The molecule has 7 nitrogen and oxygen atoms in total. The van der Waals surface area contributed by atoms with E-state index in [4.69, 9.17) is 16.6 Å². The van der Waals surface area contributed by atoms with E-state index < -0.39 is 18.1 Å². The van der Waals surface area contributed by atoms with Crippen LogP contribution in [0.3, 0.4) is 0 Å². The number of rotatable bonds is 11. The van der Waals surface area contributed by atoms with Crippen LogP contribution in [0, 0.1) is 0 Å². The molecule has 19 heavy (non-hydrogen) atoms. The second kappa shape index (κ2) is 10.7. The van der Waals surface area contributed by atoms with Crippen LogP contribution >= 0.6 is 0 Å². The van der Waals surface area contributed by atoms with Crippen LogP contribution in [-0.2, 0) is 9.59 Å². The molecule has 0 fully saturated rings. The third-order valence-corrected chi connectivity index (χ3v) is 2.94. The highest BCUT2D eigenvalue weighted by molar-refractivity contribution is 5.85. The average Bonchev–Trinajstić information content (AvgIpc) is 2.37. The Morgan fingerprint density at radius 3 is 2.05 bits per heavy atom. The van der Waals surface area contributed by atoms with Crippen molar-refractivity contribution in [2.75, 3.05) is 13.1 Å². The quantitative estimate of drug-likeness (QED) is 0.289. The molecule has 0 aliphatic heterocycles. The zero-order chi connectivity index (χ0) is 14.7. The van der Waals surface area contributed by atoms with Crippen molar-refractivity contribution in [1.29, 1.82) is 0 Å². The standard InChI is InChI=1S/C12H26N4O3/c13-7-3-1-5-9(15)11(17)16-10(12(18)19)6-2-4-8-14/h9-10H,1-8,13-15H2,(H,16,17)(H,18,19)/p+1. The lowest BCUT2D eigenvalue weighted by Crippen LogP contribution is -2.68. The molecular formula is C12H27N4O3+. The first-order chi connectivity index (χ1) is 9.02. The molecule has 0 radical (unpaired) electrons. The molecular weight excluding hydrogens is 248 g/mol. The molecule has 1 amide bonds. The minimum Gasteiger partial charge on any atom is -0.480 e. The van der Waals surface area contributed by atoms with Gasteiger partial charge in [0.05, 0.1) is 0 Å². The molecule has 0 aromatic rings. The summed E-state index contributed by atoms with van der Waals surface area (Å²) in [4.78, 5) is 22.8. The van der Waals surface area contributed by atoms with E-state index in [1.54, 1.807) is 0 Å². The van der Waals surface area contributed by atoms with E-state index in [0.717, 1.165) is 19.3 Å². The van der Waals surface area contributed by atoms with Crippen LogP contribution < -0.4 is 22.5 Å². The van der Waals surface area contributed by atoms with Gasteiger partial charge in [-0.3, -0.25) is 4.79 Å². The van der Waals surface area contributed by atoms with E-state index >= 15 is 0 Å². The minimum absolute atomic E-state index is 0.308. The molecule has 112 valence electrons. The number of carbonyl (C=O) groups is 2. The Kier molecular flexibility index (Phi) is 10.1. The van der Waals surface area contributed by atoms with Crippen molar-refractivity contribution < 1.29 is 20.4 Å². The molecule has 2 atom stereocenters. The number of carboxylic acid groups (broad SMARTS) is 1. The molecule has 0 saturated heterocycles. The number of carbonyl (C=O) groups excluding carboxylic acids is 1. The predicted molar refractivity (Wildman–Crippen MR) is 72.1 cm³/mol. The smallest absolute Gasteiger partial charge is 0.326 e. The molecule has 0 aliphatic rings. The lowest BCUT2D eigenvalue weighted by molar-refractivity contribution is -0.405. The van der Waals surface area contributed by atoms with Gasteiger partial charge in [-0.1, -0.05) is 0 Å². The van der Waals surface area contributed by atoms with Gasteiger partial charge in [0.25, 0.3) is 5.91 Å². The Morgan fingerprint density at radius 1 is 1.05 bits per heavy atom. The lowest BCUT2D eigenvalue weighted by atomic mass is 10.1. The maximum Gasteiger partial charge on any atom is 0.326 e. The van der Waals surface area contributed by atoms with Gasteiger partial charge in [-0.15, -0.1) is 0 Å². The maximum atomic E-state index is 11.8. The summed E-state index contributed by atoms with van der Waals surface area (Å²) in [5.74, 6) is -1.32. The summed E-state index contributed by atoms with van der Waals surface area (Å²) in [5.41, 5.74) is 14.5. The molecule has 7 heteroatoms. The summed E-state index contributed by atoms with van der Waals surface area (Å²) in [7, 11) is 0. The van der Waals surface area contributed by atoms with Gasteiger partial charge >= 0.3 is 5.97 Å². The summed E-state index contributed by atoms with van der Waals surface area (Å²) in [6, 6.07) is -1.28. The van der Waals surface area contributed by atoms with Crippen molar-refractivity contribution in [1.82, 2.24) is 5.32 Å². The topological polar surface area (TPSA) is 146 Å². The fraction of sp³-hybridized carbons (Fsp3) is 0.833. The number of carboxylic acids is 1. The van der Waals surface area contributed by atoms with Gasteiger partial charge < -0.3 is 27.6 Å². The van der Waals surface area contributed by atoms with Gasteiger partial charge in [-0.2, -0.15) is 0 Å². The van der Waals surface area contributed by atoms with E-state index in [1.807, 2.05) is 0 Å². The van der Waals surface area contributed by atoms with Crippen LogP contribution in [0.15, 0.2) is 0 Å². The van der Waals surface area contributed by atoms with Gasteiger partial charge in [0, 0.05) is 6.42 Å². The van der Waals surface area contributed by atoms with Crippen LogP contribution in [0.25, 0.3) is 0 Å². The second-order valence-electron chi connectivity index (χ2n) is 4.67. The summed E-state index contributed by atoms with van der Waals surface area (Å²) >= 11 is 0. The number of nitrogens with two attached hydrogens (primary N) is 2. The fourth-order valence-electron chi connectivity index (χ4n) is 1.71. The largest absolute Gasteiger partial charge is 0.480 e. The van der Waals surface area contributed by atoms with Gasteiger partial charge in [0.15, 0.2) is 6.04 Å². The first-order valence-electron chi connectivity index (χ1n) is 6.79. The highest BCUT2D eigenvalue weighted by atomic mass is 16.4. The molecule has 2 unspecified atom stereocenters. The molecule has 0 aromatic carbocycles. The van der Waals surface area contributed by atoms with Crippen molar-refractivity contribution in [3.63, 3.8) is 0 Å². The van der Waals surface area contributed by atoms with Crippen LogP contribution in [0.2, 0.25) is 0 Å². The predicted octanol–water partition coefficient (Wildman–Crippen LogP) is -1.58. The molecule has 9 N–H and O–H groups in total. The Morgan fingerprint density at radius 2 is 1.58 bits per heavy atom. The molecule has 0 rings (SSSR count). The third-order valence-electron chi connectivity index (χ3n) is 2.94. The Labute approximate surface area is 113 Å². The van der Waals surface area contributed by atoms with Crippen LogP contribution in [0.1, 0.15) is 38.5 Å². The summed E-state index contributed by atoms with van der Waals surface area (Å²) in [5, 5.41) is 11.6. The van der Waals surface area contributed by atoms with Crippen LogP contribution in [0.5, 0.6) is 0 Å². The Bertz CT molecular complexity index is 274. The van der Waals surface area contributed by atoms with Crippen molar-refractivity contribution in [2.45, 2.75) is 50.6 Å². The first-order valence-corrected chi connectivity index (χ1v) is 6.79. The van der Waals surface area contributed by atoms with Crippen LogP contribution in [0.4, 0.5) is 0 Å². The van der Waals surface area contributed by atoms with Gasteiger partial charge in [-0.25, -0.2) is 4.79 Å². The number of aliphatic carboxylic acids is 1. The number of hydrogen-bond donors (Lipinski definition) is 5. The number of quaternary nitrogens is 1. The van der Waals surface area contributed by atoms with E-state index in [2.05, 4.69) is 11.1 Å². The van der Waals surface area contributed by atoms with Crippen LogP contribution in [-0.4, -0.2) is 42.2 Å². The number of hydrogen-bond acceptors (Lipinski definition) is 4. The molecule has 0 bridgehead atoms. The van der Waals surface area contributed by atoms with Crippen molar-refractivity contribution >= 4 is 11.9 Å². The van der Waals surface area contributed by atoms with Crippen molar-refractivity contribution in [3.05, 3.63) is 0 Å². The lowest BCUT2D eigenvalue weighted by Gasteiger charge is -2.16. The fourth-order valence-corrected chi connectivity index (χ4v) is 1.71. The normalized spacial score (nSPS) is 13.8. The third kappa shape index (κ3) is 8.52. The summed E-state index contributed by atoms with van der Waals surface area (Å²) in [6.07, 6.45) is 4.12. The van der Waals surface area contributed by atoms with Crippen molar-refractivity contribution in [2.24, 2.45) is 11.5 Å². The second-order valence-corrected chi connectivity index (χ2v) is 4.67. The summed E-state index contributed by atoms with van der Waals surface area (Å²) < 4.78 is 0. The average molecular weight is 275 g/mol. The highest BCUT2D eigenvalue weighted by Gasteiger charge is 2.24.